The number of benzene rings is 1. The average Bonchev–Trinajstić information content (AvgIpc) is 2.28. The Kier molecular flexibility index (Phi) is 5.39. The topological polar surface area (TPSA) is 12.0 Å². The minimum Gasteiger partial charge on any atom is -0.314 e. The lowest BCUT2D eigenvalue weighted by Gasteiger charge is -2.12. The van der Waals surface area contributed by atoms with Gasteiger partial charge in [-0.3, -0.25) is 0 Å². The van der Waals surface area contributed by atoms with Crippen molar-refractivity contribution in [2.75, 3.05) is 6.54 Å². The highest BCUT2D eigenvalue weighted by molar-refractivity contribution is 5.17. The fraction of sp³-hybridized carbons (Fsp3) is 0.538. The van der Waals surface area contributed by atoms with Crippen LogP contribution >= 0.6 is 0 Å². The van der Waals surface area contributed by atoms with Crippen molar-refractivity contribution in [2.24, 2.45) is 0 Å². The maximum absolute atomic E-state index is 12.9. The molecule has 0 bridgehead atoms. The van der Waals surface area contributed by atoms with Gasteiger partial charge in [-0.1, -0.05) is 13.0 Å². The molecule has 0 radical (unpaired) electrons. The summed E-state index contributed by atoms with van der Waals surface area (Å²) in [6, 6.07) is 4.52. The van der Waals surface area contributed by atoms with Crippen LogP contribution in [0.3, 0.4) is 0 Å². The quantitative estimate of drug-likeness (QED) is 0.786. The first-order chi connectivity index (χ1) is 7.63. The van der Waals surface area contributed by atoms with E-state index in [0.717, 1.165) is 31.4 Å². The van der Waals surface area contributed by atoms with E-state index in [2.05, 4.69) is 19.2 Å². The third-order valence-corrected chi connectivity index (χ3v) is 2.59. The SMILES string of the molecule is CCCNC(C)CCc1ccc(F)c(F)c1. The number of aryl methyl sites for hydroxylation is 1. The third-order valence-electron chi connectivity index (χ3n) is 2.59. The molecule has 0 aliphatic rings. The first-order valence-electron chi connectivity index (χ1n) is 5.80. The Morgan fingerprint density at radius 1 is 1.25 bits per heavy atom. The Bertz CT molecular complexity index is 326. The summed E-state index contributed by atoms with van der Waals surface area (Å²) in [6.45, 7) is 5.23. The molecule has 1 N–H and O–H groups in total. The van der Waals surface area contributed by atoms with E-state index in [1.807, 2.05) is 0 Å². The van der Waals surface area contributed by atoms with E-state index in [4.69, 9.17) is 0 Å². The van der Waals surface area contributed by atoms with Crippen LogP contribution in [0.4, 0.5) is 8.78 Å². The van der Waals surface area contributed by atoms with Crippen LogP contribution in [0.15, 0.2) is 18.2 Å². The zero-order chi connectivity index (χ0) is 12.0. The number of rotatable bonds is 6. The van der Waals surface area contributed by atoms with Crippen LogP contribution in [-0.2, 0) is 6.42 Å². The van der Waals surface area contributed by atoms with Gasteiger partial charge in [0.1, 0.15) is 0 Å². The van der Waals surface area contributed by atoms with Crippen LogP contribution < -0.4 is 5.32 Å². The van der Waals surface area contributed by atoms with Crippen molar-refractivity contribution in [2.45, 2.75) is 39.2 Å². The molecule has 1 aromatic rings. The van der Waals surface area contributed by atoms with Crippen molar-refractivity contribution < 1.29 is 8.78 Å². The minimum atomic E-state index is -0.777. The Balaban J connectivity index is 2.39. The molecule has 0 aromatic heterocycles. The zero-order valence-electron chi connectivity index (χ0n) is 9.89. The highest BCUT2D eigenvalue weighted by atomic mass is 19.2. The second-order valence-electron chi connectivity index (χ2n) is 4.14. The van der Waals surface area contributed by atoms with Gasteiger partial charge < -0.3 is 5.32 Å². The average molecular weight is 227 g/mol. The molecule has 0 amide bonds. The van der Waals surface area contributed by atoms with Crippen LogP contribution in [0.1, 0.15) is 32.3 Å². The predicted molar refractivity (Wildman–Crippen MR) is 62.4 cm³/mol. The van der Waals surface area contributed by atoms with E-state index in [1.165, 1.54) is 12.1 Å². The van der Waals surface area contributed by atoms with Crippen LogP contribution in [0.25, 0.3) is 0 Å². The molecule has 0 saturated carbocycles. The lowest BCUT2D eigenvalue weighted by molar-refractivity contribution is 0.499. The van der Waals surface area contributed by atoms with Gasteiger partial charge in [0.15, 0.2) is 11.6 Å². The van der Waals surface area contributed by atoms with Crippen LogP contribution in [0, 0.1) is 11.6 Å². The summed E-state index contributed by atoms with van der Waals surface area (Å²) < 4.78 is 25.6. The van der Waals surface area contributed by atoms with E-state index >= 15 is 0 Å². The van der Waals surface area contributed by atoms with Gasteiger partial charge in [-0.25, -0.2) is 8.78 Å². The summed E-state index contributed by atoms with van der Waals surface area (Å²) in [5.74, 6) is -1.53. The molecular weight excluding hydrogens is 208 g/mol. The summed E-state index contributed by atoms with van der Waals surface area (Å²) in [4.78, 5) is 0. The fourth-order valence-corrected chi connectivity index (χ4v) is 1.57. The molecule has 0 aliphatic heterocycles. The molecule has 1 unspecified atom stereocenters. The second-order valence-corrected chi connectivity index (χ2v) is 4.14. The molecule has 0 fully saturated rings. The van der Waals surface area contributed by atoms with Gasteiger partial charge in [0, 0.05) is 6.04 Å². The highest BCUT2D eigenvalue weighted by Crippen LogP contribution is 2.11. The second kappa shape index (κ2) is 6.59. The van der Waals surface area contributed by atoms with E-state index in [-0.39, 0.29) is 0 Å². The van der Waals surface area contributed by atoms with Gasteiger partial charge in [0.05, 0.1) is 0 Å². The molecule has 0 heterocycles. The van der Waals surface area contributed by atoms with E-state index in [0.29, 0.717) is 6.04 Å². The normalized spacial score (nSPS) is 12.8. The molecule has 0 aliphatic carbocycles. The van der Waals surface area contributed by atoms with Crippen LogP contribution in [0.5, 0.6) is 0 Å². The Hall–Kier alpha value is -0.960. The summed E-state index contributed by atoms with van der Waals surface area (Å²) in [5.41, 5.74) is 0.851. The Morgan fingerprint density at radius 2 is 2.00 bits per heavy atom. The lowest BCUT2D eigenvalue weighted by atomic mass is 10.1. The molecule has 1 nitrogen and oxygen atoms in total. The monoisotopic (exact) mass is 227 g/mol. The summed E-state index contributed by atoms with van der Waals surface area (Å²) in [7, 11) is 0. The zero-order valence-corrected chi connectivity index (χ0v) is 9.89. The third kappa shape index (κ3) is 4.27. The van der Waals surface area contributed by atoms with Crippen molar-refractivity contribution in [1.82, 2.24) is 5.32 Å². The smallest absolute Gasteiger partial charge is 0.159 e. The van der Waals surface area contributed by atoms with E-state index < -0.39 is 11.6 Å². The van der Waals surface area contributed by atoms with E-state index in [1.54, 1.807) is 6.07 Å². The number of hydrogen-bond donors (Lipinski definition) is 1. The van der Waals surface area contributed by atoms with Crippen molar-refractivity contribution in [1.29, 1.82) is 0 Å². The van der Waals surface area contributed by atoms with Crippen molar-refractivity contribution in [3.63, 3.8) is 0 Å². The van der Waals surface area contributed by atoms with E-state index in [9.17, 15) is 8.78 Å². The minimum absolute atomic E-state index is 0.410. The Labute approximate surface area is 95.9 Å². The molecule has 3 heteroatoms. The summed E-state index contributed by atoms with van der Waals surface area (Å²) in [5, 5.41) is 3.36. The fourth-order valence-electron chi connectivity index (χ4n) is 1.57. The predicted octanol–water partition coefficient (Wildman–Crippen LogP) is 3.29. The van der Waals surface area contributed by atoms with Gasteiger partial charge in [0.25, 0.3) is 0 Å². The molecule has 0 saturated heterocycles. The lowest BCUT2D eigenvalue weighted by Crippen LogP contribution is -2.27. The van der Waals surface area contributed by atoms with Gasteiger partial charge in [-0.2, -0.15) is 0 Å². The van der Waals surface area contributed by atoms with Crippen molar-refractivity contribution in [3.05, 3.63) is 35.4 Å². The molecular formula is C13H19F2N. The van der Waals surface area contributed by atoms with Gasteiger partial charge in [-0.15, -0.1) is 0 Å². The van der Waals surface area contributed by atoms with Crippen molar-refractivity contribution >= 4 is 0 Å². The summed E-state index contributed by atoms with van der Waals surface area (Å²) in [6.07, 6.45) is 2.82. The highest BCUT2D eigenvalue weighted by Gasteiger charge is 2.04. The van der Waals surface area contributed by atoms with Gasteiger partial charge in [0.2, 0.25) is 0 Å². The van der Waals surface area contributed by atoms with Crippen LogP contribution in [0.2, 0.25) is 0 Å². The number of nitrogens with one attached hydrogen (secondary N) is 1. The molecule has 1 aromatic carbocycles. The Morgan fingerprint density at radius 3 is 2.62 bits per heavy atom. The van der Waals surface area contributed by atoms with Gasteiger partial charge in [-0.05, 0) is 50.4 Å². The molecule has 0 spiro atoms. The number of hydrogen-bond acceptors (Lipinski definition) is 1. The molecule has 16 heavy (non-hydrogen) atoms. The first kappa shape index (κ1) is 13.1. The standard InChI is InChI=1S/C13H19F2N/c1-3-8-16-10(2)4-5-11-6-7-12(14)13(15)9-11/h6-7,9-10,16H,3-5,8H2,1-2H3. The summed E-state index contributed by atoms with van der Waals surface area (Å²) >= 11 is 0. The first-order valence-corrected chi connectivity index (χ1v) is 5.80. The largest absolute Gasteiger partial charge is 0.314 e. The van der Waals surface area contributed by atoms with Gasteiger partial charge >= 0.3 is 0 Å². The van der Waals surface area contributed by atoms with Crippen molar-refractivity contribution in [3.8, 4) is 0 Å². The molecule has 90 valence electrons. The number of halogens is 2. The maximum atomic E-state index is 12.9. The molecule has 1 atom stereocenters. The van der Waals surface area contributed by atoms with Crippen LogP contribution in [-0.4, -0.2) is 12.6 Å². The maximum Gasteiger partial charge on any atom is 0.159 e. The molecule has 1 rings (SSSR count).